The van der Waals surface area contributed by atoms with Crippen LogP contribution in [0.2, 0.25) is 0 Å². The molecule has 0 radical (unpaired) electrons. The van der Waals surface area contributed by atoms with Crippen molar-refractivity contribution in [1.82, 2.24) is 74.5 Å². The average molecular weight is 1270 g/mol. The molecule has 516 valence electrons. The Morgan fingerprint density at radius 1 is 0.385 bits per heavy atom. The summed E-state index contributed by atoms with van der Waals surface area (Å²) in [5.41, 5.74) is 8.16. The molecule has 7 aromatic heterocycles. The average Bonchev–Trinajstić information content (AvgIpc) is 1.71. The molecule has 0 aromatic carbocycles. The van der Waals surface area contributed by atoms with Crippen molar-refractivity contribution >= 4 is 5.71 Å². The van der Waals surface area contributed by atoms with Crippen molar-refractivity contribution in [3.63, 3.8) is 0 Å². The van der Waals surface area contributed by atoms with Crippen LogP contribution in [0.25, 0.3) is 0 Å². The van der Waals surface area contributed by atoms with Crippen LogP contribution in [0.15, 0.2) is 69.9 Å². The third-order valence-electron chi connectivity index (χ3n) is 15.3. The third-order valence-corrected chi connectivity index (χ3v) is 15.3. The van der Waals surface area contributed by atoms with E-state index in [1.807, 2.05) is 83.6 Å². The summed E-state index contributed by atoms with van der Waals surface area (Å²) in [6, 6.07) is 4.33. The summed E-state index contributed by atoms with van der Waals surface area (Å²) < 4.78 is 20.4. The fraction of sp³-hybridized carbons (Fsp3) is 0.736. The number of rotatable bonds is 17. The monoisotopic (exact) mass is 1270 g/mol. The Labute approximate surface area is 552 Å². The standard InChI is InChI=1S/C12H23NO.3C9H16N2.C9H15NO.2C8H15N3.C8H14N2O/c1-8(2)11-7-12(9(3)4,10(5)6)14-13-11;1-7(2)9-5-11(6-10-9)8(3)4;2*1-7(2)9-5-10-11(6-9)8(3)4;1-6(2)8-5-9(7(3)4)11-10-8;2*1-6(2)8-5-11(7(3)4)10-9-8;1-5(2)7-9-10-8(11-7)6(3)4/h8-10H,7H2,1-6H3;3*5-8H,1-4H3;3*5-7H,1-4H3;5-6H,1-4H3. The molecule has 0 amide bonds. The fourth-order valence-electron chi connectivity index (χ4n) is 8.06. The Bertz CT molecular complexity index is 2350. The summed E-state index contributed by atoms with van der Waals surface area (Å²) in [4.78, 5) is 10.0. The molecule has 0 saturated heterocycles. The first-order valence-electron chi connectivity index (χ1n) is 34.2. The van der Waals surface area contributed by atoms with Crippen molar-refractivity contribution in [2.75, 3.05) is 0 Å². The van der Waals surface area contributed by atoms with Gasteiger partial charge in [-0.1, -0.05) is 187 Å². The number of aromatic nitrogens is 15. The zero-order chi connectivity index (χ0) is 69.9. The maximum Gasteiger partial charge on any atom is 0.219 e. The number of oxime groups is 1. The summed E-state index contributed by atoms with van der Waals surface area (Å²) >= 11 is 0. The van der Waals surface area contributed by atoms with Crippen LogP contribution in [0, 0.1) is 17.8 Å². The maximum absolute atomic E-state index is 5.73. The van der Waals surface area contributed by atoms with Gasteiger partial charge >= 0.3 is 0 Å². The van der Waals surface area contributed by atoms with Gasteiger partial charge < -0.3 is 18.3 Å². The van der Waals surface area contributed by atoms with E-state index < -0.39 is 0 Å². The Morgan fingerprint density at radius 2 is 0.780 bits per heavy atom. The van der Waals surface area contributed by atoms with E-state index in [0.717, 1.165) is 41.0 Å². The smallest absolute Gasteiger partial charge is 0.219 e. The summed E-state index contributed by atoms with van der Waals surface area (Å²) in [6.45, 7) is 72.6. The van der Waals surface area contributed by atoms with Gasteiger partial charge in [0.05, 0.1) is 47.2 Å². The second kappa shape index (κ2) is 40.0. The normalized spacial score (nSPS) is 12.8. The Morgan fingerprint density at radius 3 is 0.967 bits per heavy atom. The van der Waals surface area contributed by atoms with Crippen molar-refractivity contribution in [3.8, 4) is 0 Å². The molecule has 19 heteroatoms. The SMILES string of the molecule is CC(C)C1=NOC(C(C)C)(C(C)C)C1.CC(C)c1cc(C(C)C)on1.CC(C)c1cn(C(C)C)cn1.CC(C)c1cn(C(C)C)nn1.CC(C)c1cn(C(C)C)nn1.CC(C)c1cnn(C(C)C)c1.CC(C)c1cnn(C(C)C)c1.CC(C)c1nnc(C(C)C)o1. The van der Waals surface area contributed by atoms with Gasteiger partial charge in [-0.15, -0.1) is 20.4 Å². The van der Waals surface area contributed by atoms with E-state index in [-0.39, 0.29) is 5.60 Å². The van der Waals surface area contributed by atoms with Crippen LogP contribution < -0.4 is 0 Å². The highest BCUT2D eigenvalue weighted by atomic mass is 16.7. The molecular formula is C72H130N16O3. The second-order valence-electron chi connectivity index (χ2n) is 29.3. The number of nitrogens with zero attached hydrogens (tertiary/aromatic N) is 16. The molecule has 0 fully saturated rings. The van der Waals surface area contributed by atoms with Crippen LogP contribution in [0.3, 0.4) is 0 Å². The lowest BCUT2D eigenvalue weighted by molar-refractivity contribution is -0.0869. The van der Waals surface area contributed by atoms with Crippen LogP contribution in [0.1, 0.15) is 377 Å². The van der Waals surface area contributed by atoms with E-state index in [2.05, 4.69) is 287 Å². The molecule has 91 heavy (non-hydrogen) atoms. The number of hydrogen-bond acceptors (Lipinski definition) is 14. The molecule has 0 aliphatic carbocycles. The van der Waals surface area contributed by atoms with Crippen molar-refractivity contribution < 1.29 is 13.8 Å². The Balaban J connectivity index is 0.000000521. The predicted molar refractivity (Wildman–Crippen MR) is 377 cm³/mol. The van der Waals surface area contributed by atoms with Gasteiger partial charge in [0.15, 0.2) is 0 Å². The maximum atomic E-state index is 5.73. The molecule has 1 aliphatic heterocycles. The minimum atomic E-state index is -0.0559. The molecule has 7 aromatic rings. The first-order valence-corrected chi connectivity index (χ1v) is 34.2. The quantitative estimate of drug-likeness (QED) is 0.0834. The summed E-state index contributed by atoms with van der Waals surface area (Å²) in [5.74, 6) is 8.20. The first kappa shape index (κ1) is 82.7. The van der Waals surface area contributed by atoms with Gasteiger partial charge in [0.2, 0.25) is 11.8 Å². The Kier molecular flexibility index (Phi) is 36.3. The van der Waals surface area contributed by atoms with Crippen LogP contribution in [0.4, 0.5) is 0 Å². The van der Waals surface area contributed by atoms with Crippen molar-refractivity contribution in [3.05, 3.63) is 107 Å². The van der Waals surface area contributed by atoms with E-state index in [1.54, 1.807) is 0 Å². The molecule has 0 N–H and O–H groups in total. The topological polar surface area (TPSA) is 201 Å². The molecule has 0 atom stereocenters. The van der Waals surface area contributed by atoms with Gasteiger partial charge in [0.25, 0.3) is 0 Å². The van der Waals surface area contributed by atoms with Gasteiger partial charge in [-0.25, -0.2) is 14.3 Å². The lowest BCUT2D eigenvalue weighted by atomic mass is 9.76. The molecule has 0 bridgehead atoms. The molecule has 1 aliphatic rings. The predicted octanol–water partition coefficient (Wildman–Crippen LogP) is 20.4. The van der Waals surface area contributed by atoms with E-state index in [4.69, 9.17) is 13.8 Å². The molecule has 0 spiro atoms. The minimum Gasteiger partial charge on any atom is -0.425 e. The van der Waals surface area contributed by atoms with Gasteiger partial charge in [0, 0.05) is 91.4 Å². The molecule has 8 rings (SSSR count). The van der Waals surface area contributed by atoms with Gasteiger partial charge in [-0.3, -0.25) is 9.36 Å². The summed E-state index contributed by atoms with van der Waals surface area (Å²) in [7, 11) is 0. The second-order valence-corrected chi connectivity index (χ2v) is 29.3. The first-order chi connectivity index (χ1) is 42.2. The van der Waals surface area contributed by atoms with Crippen LogP contribution in [-0.4, -0.2) is 85.8 Å². The van der Waals surface area contributed by atoms with E-state index in [1.165, 1.54) is 22.5 Å². The van der Waals surface area contributed by atoms with Crippen LogP contribution in [0.5, 0.6) is 0 Å². The highest BCUT2D eigenvalue weighted by Crippen LogP contribution is 2.39. The fourth-order valence-corrected chi connectivity index (χ4v) is 8.06. The summed E-state index contributed by atoms with van der Waals surface area (Å²) in [5, 5.41) is 40.7. The molecule has 19 nitrogen and oxygen atoms in total. The molecule has 0 unspecified atom stereocenters. The largest absolute Gasteiger partial charge is 0.425 e. The van der Waals surface area contributed by atoms with Gasteiger partial charge in [-0.2, -0.15) is 10.2 Å². The number of imidazole rings is 1. The Hall–Kier alpha value is -6.27. The van der Waals surface area contributed by atoms with E-state index in [0.29, 0.717) is 101 Å². The van der Waals surface area contributed by atoms with Crippen molar-refractivity contribution in [2.24, 2.45) is 22.9 Å². The highest BCUT2D eigenvalue weighted by Gasteiger charge is 2.45. The zero-order valence-corrected chi connectivity index (χ0v) is 63.6. The molecule has 8 heterocycles. The lowest BCUT2D eigenvalue weighted by Gasteiger charge is -2.34. The van der Waals surface area contributed by atoms with Gasteiger partial charge in [0.1, 0.15) is 11.4 Å². The lowest BCUT2D eigenvalue weighted by Crippen LogP contribution is -2.41. The van der Waals surface area contributed by atoms with Crippen molar-refractivity contribution in [1.29, 1.82) is 0 Å². The highest BCUT2D eigenvalue weighted by molar-refractivity contribution is 5.87. The number of hydrogen-bond donors (Lipinski definition) is 0. The molecular weight excluding hydrogens is 1140 g/mol. The van der Waals surface area contributed by atoms with Crippen molar-refractivity contribution in [2.45, 2.75) is 331 Å². The van der Waals surface area contributed by atoms with E-state index in [9.17, 15) is 0 Å². The van der Waals surface area contributed by atoms with Crippen LogP contribution in [-0.2, 0) is 4.84 Å². The zero-order valence-electron chi connectivity index (χ0n) is 63.6. The minimum absolute atomic E-state index is 0.0559. The van der Waals surface area contributed by atoms with E-state index >= 15 is 0 Å². The van der Waals surface area contributed by atoms with Crippen LogP contribution >= 0.6 is 0 Å². The molecule has 0 saturated carbocycles. The van der Waals surface area contributed by atoms with Gasteiger partial charge in [-0.05, 0) is 134 Å². The summed E-state index contributed by atoms with van der Waals surface area (Å²) in [6.07, 6.45) is 17.2. The third kappa shape index (κ3) is 28.6.